The molecule has 0 radical (unpaired) electrons. The summed E-state index contributed by atoms with van der Waals surface area (Å²) in [4.78, 5) is 12.1. The van der Waals surface area contributed by atoms with Crippen molar-refractivity contribution in [1.29, 1.82) is 0 Å². The number of rotatable bonds is 7. The minimum atomic E-state index is -0.292. The number of ether oxygens (including phenoxy) is 2. The number of carbonyl (C=O) groups is 1. The number of carbonyl (C=O) groups excluding carboxylic acids is 1. The standard InChI is InChI=1S/C19H28N2O3/c1-13(2)24-17-10-16(11-17)20-12-14-5-3-6-15(9-14)21-19(22)18-7-4-8-23-18/h3,5-6,9,13,16-18,20H,4,7-8,10-12H2,1-2H3,(H,21,22). The van der Waals surface area contributed by atoms with Crippen LogP contribution in [-0.2, 0) is 20.8 Å². The van der Waals surface area contributed by atoms with E-state index < -0.39 is 0 Å². The van der Waals surface area contributed by atoms with E-state index in [2.05, 4.69) is 30.5 Å². The molecular formula is C19H28N2O3. The van der Waals surface area contributed by atoms with Crippen LogP contribution in [0.4, 0.5) is 5.69 Å². The fourth-order valence-electron chi connectivity index (χ4n) is 3.26. The predicted octanol–water partition coefficient (Wildman–Crippen LogP) is 2.85. The zero-order chi connectivity index (χ0) is 16.9. The highest BCUT2D eigenvalue weighted by Gasteiger charge is 2.30. The first-order valence-corrected chi connectivity index (χ1v) is 9.00. The molecule has 1 amide bonds. The van der Waals surface area contributed by atoms with Gasteiger partial charge in [0.15, 0.2) is 0 Å². The zero-order valence-corrected chi connectivity index (χ0v) is 14.6. The monoisotopic (exact) mass is 332 g/mol. The molecule has 5 heteroatoms. The molecule has 1 aliphatic heterocycles. The largest absolute Gasteiger partial charge is 0.375 e. The van der Waals surface area contributed by atoms with E-state index in [1.54, 1.807) is 0 Å². The van der Waals surface area contributed by atoms with Crippen LogP contribution >= 0.6 is 0 Å². The Labute approximate surface area is 144 Å². The third-order valence-corrected chi connectivity index (χ3v) is 4.57. The Kier molecular flexibility index (Phi) is 5.87. The van der Waals surface area contributed by atoms with Gasteiger partial charge in [0.05, 0.1) is 12.2 Å². The second-order valence-electron chi connectivity index (χ2n) is 7.05. The minimum absolute atomic E-state index is 0.0368. The highest BCUT2D eigenvalue weighted by molar-refractivity contribution is 5.94. The van der Waals surface area contributed by atoms with E-state index in [0.29, 0.717) is 24.9 Å². The highest BCUT2D eigenvalue weighted by Crippen LogP contribution is 2.25. The molecular weight excluding hydrogens is 304 g/mol. The van der Waals surface area contributed by atoms with Gasteiger partial charge in [0.2, 0.25) is 0 Å². The molecule has 3 rings (SSSR count). The molecule has 1 unspecified atom stereocenters. The summed E-state index contributed by atoms with van der Waals surface area (Å²) in [6, 6.07) is 8.54. The molecule has 1 aromatic rings. The van der Waals surface area contributed by atoms with E-state index in [9.17, 15) is 4.79 Å². The zero-order valence-electron chi connectivity index (χ0n) is 14.6. The van der Waals surface area contributed by atoms with Crippen LogP contribution < -0.4 is 10.6 Å². The van der Waals surface area contributed by atoms with E-state index >= 15 is 0 Å². The fourth-order valence-corrected chi connectivity index (χ4v) is 3.26. The van der Waals surface area contributed by atoms with Gasteiger partial charge in [-0.2, -0.15) is 0 Å². The normalized spacial score (nSPS) is 26.4. The van der Waals surface area contributed by atoms with Gasteiger partial charge >= 0.3 is 0 Å². The molecule has 1 heterocycles. The molecule has 0 spiro atoms. The molecule has 2 aliphatic rings. The van der Waals surface area contributed by atoms with Crippen molar-refractivity contribution in [2.75, 3.05) is 11.9 Å². The van der Waals surface area contributed by atoms with Gasteiger partial charge in [-0.05, 0) is 57.2 Å². The van der Waals surface area contributed by atoms with Crippen LogP contribution in [0, 0.1) is 0 Å². The lowest BCUT2D eigenvalue weighted by molar-refractivity contribution is -0.124. The maximum absolute atomic E-state index is 12.1. The SMILES string of the molecule is CC(C)OC1CC(NCc2cccc(NC(=O)C3CCCO3)c2)C1. The molecule has 24 heavy (non-hydrogen) atoms. The average molecular weight is 332 g/mol. The molecule has 1 saturated carbocycles. The summed E-state index contributed by atoms with van der Waals surface area (Å²) in [5.74, 6) is -0.0368. The van der Waals surface area contributed by atoms with Gasteiger partial charge in [0.1, 0.15) is 6.10 Å². The van der Waals surface area contributed by atoms with E-state index in [4.69, 9.17) is 9.47 Å². The topological polar surface area (TPSA) is 59.6 Å². The van der Waals surface area contributed by atoms with Crippen LogP contribution in [0.25, 0.3) is 0 Å². The van der Waals surface area contributed by atoms with Gasteiger partial charge in [-0.25, -0.2) is 0 Å². The summed E-state index contributed by atoms with van der Waals surface area (Å²) >= 11 is 0. The van der Waals surface area contributed by atoms with Crippen molar-refractivity contribution < 1.29 is 14.3 Å². The lowest BCUT2D eigenvalue weighted by atomic mass is 9.89. The lowest BCUT2D eigenvalue weighted by Crippen LogP contribution is -2.45. The first kappa shape index (κ1) is 17.4. The first-order chi connectivity index (χ1) is 11.6. The average Bonchev–Trinajstić information content (AvgIpc) is 3.04. The van der Waals surface area contributed by atoms with Crippen LogP contribution in [0.5, 0.6) is 0 Å². The molecule has 2 N–H and O–H groups in total. The Morgan fingerprint density at radius 3 is 2.92 bits per heavy atom. The van der Waals surface area contributed by atoms with Gasteiger partial charge in [-0.3, -0.25) is 4.79 Å². The molecule has 1 aromatic carbocycles. The highest BCUT2D eigenvalue weighted by atomic mass is 16.5. The molecule has 1 saturated heterocycles. The maximum atomic E-state index is 12.1. The Hall–Kier alpha value is -1.43. The van der Waals surface area contributed by atoms with E-state index in [0.717, 1.165) is 37.9 Å². The van der Waals surface area contributed by atoms with Crippen LogP contribution in [0.15, 0.2) is 24.3 Å². The predicted molar refractivity (Wildman–Crippen MR) is 93.9 cm³/mol. The molecule has 0 aromatic heterocycles. The molecule has 1 aliphatic carbocycles. The lowest BCUT2D eigenvalue weighted by Gasteiger charge is -2.37. The molecule has 132 valence electrons. The van der Waals surface area contributed by atoms with Gasteiger partial charge in [-0.1, -0.05) is 12.1 Å². The summed E-state index contributed by atoms with van der Waals surface area (Å²) in [6.07, 6.45) is 4.35. The number of hydrogen-bond acceptors (Lipinski definition) is 4. The number of anilines is 1. The number of nitrogens with one attached hydrogen (secondary N) is 2. The van der Waals surface area contributed by atoms with Crippen molar-refractivity contribution in [1.82, 2.24) is 5.32 Å². The second-order valence-corrected chi connectivity index (χ2v) is 7.05. The molecule has 2 fully saturated rings. The van der Waals surface area contributed by atoms with Gasteiger partial charge < -0.3 is 20.1 Å². The Balaban J connectivity index is 1.43. The summed E-state index contributed by atoms with van der Waals surface area (Å²) in [5, 5.41) is 6.51. The smallest absolute Gasteiger partial charge is 0.253 e. The second kappa shape index (κ2) is 8.10. The van der Waals surface area contributed by atoms with Gasteiger partial charge in [0.25, 0.3) is 5.91 Å². The Bertz CT molecular complexity index is 549. The minimum Gasteiger partial charge on any atom is -0.375 e. The maximum Gasteiger partial charge on any atom is 0.253 e. The molecule has 5 nitrogen and oxygen atoms in total. The first-order valence-electron chi connectivity index (χ1n) is 9.00. The van der Waals surface area contributed by atoms with Crippen LogP contribution in [0.2, 0.25) is 0 Å². The van der Waals surface area contributed by atoms with Gasteiger partial charge in [0, 0.05) is 24.9 Å². The number of hydrogen-bond donors (Lipinski definition) is 2. The van der Waals surface area contributed by atoms with Crippen LogP contribution in [0.1, 0.15) is 45.1 Å². The van der Waals surface area contributed by atoms with E-state index in [-0.39, 0.29) is 12.0 Å². The summed E-state index contributed by atoms with van der Waals surface area (Å²) in [7, 11) is 0. The Morgan fingerprint density at radius 2 is 2.21 bits per heavy atom. The fraction of sp³-hybridized carbons (Fsp3) is 0.632. The van der Waals surface area contributed by atoms with Crippen molar-refractivity contribution in [3.8, 4) is 0 Å². The quantitative estimate of drug-likeness (QED) is 0.806. The van der Waals surface area contributed by atoms with Crippen molar-refractivity contribution in [2.45, 2.75) is 70.4 Å². The number of amides is 1. The third-order valence-electron chi connectivity index (χ3n) is 4.57. The Morgan fingerprint density at radius 1 is 1.38 bits per heavy atom. The van der Waals surface area contributed by atoms with Crippen LogP contribution in [0.3, 0.4) is 0 Å². The van der Waals surface area contributed by atoms with Crippen molar-refractivity contribution in [2.24, 2.45) is 0 Å². The molecule has 1 atom stereocenters. The third kappa shape index (κ3) is 4.79. The van der Waals surface area contributed by atoms with Crippen LogP contribution in [-0.4, -0.2) is 36.9 Å². The molecule has 0 bridgehead atoms. The van der Waals surface area contributed by atoms with E-state index in [1.165, 1.54) is 5.56 Å². The summed E-state index contributed by atoms with van der Waals surface area (Å²) in [5.41, 5.74) is 2.01. The van der Waals surface area contributed by atoms with E-state index in [1.807, 2.05) is 18.2 Å². The summed E-state index contributed by atoms with van der Waals surface area (Å²) < 4.78 is 11.2. The van der Waals surface area contributed by atoms with Gasteiger partial charge in [-0.15, -0.1) is 0 Å². The summed E-state index contributed by atoms with van der Waals surface area (Å²) in [6.45, 7) is 5.65. The number of benzene rings is 1. The van der Waals surface area contributed by atoms with Crippen molar-refractivity contribution >= 4 is 11.6 Å². The van der Waals surface area contributed by atoms with Crippen molar-refractivity contribution in [3.05, 3.63) is 29.8 Å². The van der Waals surface area contributed by atoms with Crippen molar-refractivity contribution in [3.63, 3.8) is 0 Å².